The van der Waals surface area contributed by atoms with Crippen molar-refractivity contribution in [3.05, 3.63) is 64.0 Å². The molecule has 1 aliphatic carbocycles. The van der Waals surface area contributed by atoms with Crippen LogP contribution >= 0.6 is 0 Å². The number of aliphatic hydroxyl groups excluding tert-OH is 2. The maximum absolute atomic E-state index is 14.1. The Morgan fingerprint density at radius 2 is 1.86 bits per heavy atom. The van der Waals surface area contributed by atoms with Crippen molar-refractivity contribution >= 4 is 9.84 Å². The molecule has 0 spiro atoms. The molecule has 3 rings (SSSR count). The van der Waals surface area contributed by atoms with Gasteiger partial charge in [0.2, 0.25) is 0 Å². The zero-order chi connectivity index (χ0) is 21.7. The molecule has 0 heterocycles. The van der Waals surface area contributed by atoms with E-state index in [2.05, 4.69) is 0 Å². The van der Waals surface area contributed by atoms with Crippen molar-refractivity contribution in [2.45, 2.75) is 35.2 Å². The fourth-order valence-corrected chi connectivity index (χ4v) is 4.36. The smallest absolute Gasteiger partial charge is 0.385 e. The topological polar surface area (TPSA) is 98.4 Å². The Balaban J connectivity index is 2.22. The van der Waals surface area contributed by atoms with E-state index in [9.17, 15) is 40.6 Å². The Kier molecular flexibility index (Phi) is 5.15. The summed E-state index contributed by atoms with van der Waals surface area (Å²) in [5, 5.41) is 29.5. The quantitative estimate of drug-likeness (QED) is 0.726. The number of aliphatic hydroxyl groups is 2. The third kappa shape index (κ3) is 3.48. The molecule has 3 atom stereocenters. The van der Waals surface area contributed by atoms with Crippen LogP contribution in [0.25, 0.3) is 0 Å². The molecule has 0 radical (unpaired) electrons. The third-order valence-electron chi connectivity index (χ3n) is 4.64. The summed E-state index contributed by atoms with van der Waals surface area (Å²) in [4.78, 5) is -1.31. The van der Waals surface area contributed by atoms with E-state index in [1.807, 2.05) is 0 Å². The Hall–Kier alpha value is -2.55. The second-order valence-electron chi connectivity index (χ2n) is 6.45. The van der Waals surface area contributed by atoms with Gasteiger partial charge < -0.3 is 10.2 Å². The number of hydrogen-bond acceptors (Lipinski definition) is 5. The number of benzene rings is 2. The van der Waals surface area contributed by atoms with Gasteiger partial charge in [-0.3, -0.25) is 0 Å². The highest BCUT2D eigenvalue weighted by atomic mass is 32.2. The lowest BCUT2D eigenvalue weighted by molar-refractivity contribution is -0.0437. The van der Waals surface area contributed by atoms with E-state index in [0.29, 0.717) is 6.07 Å². The molecule has 29 heavy (non-hydrogen) atoms. The number of sulfone groups is 1. The predicted octanol–water partition coefficient (Wildman–Crippen LogP) is 3.00. The fourth-order valence-electron chi connectivity index (χ4n) is 3.33. The lowest BCUT2D eigenvalue weighted by atomic mass is 9.93. The van der Waals surface area contributed by atoms with Crippen LogP contribution in [0.2, 0.25) is 0 Å². The summed E-state index contributed by atoms with van der Waals surface area (Å²) in [7, 11) is -5.89. The molecule has 1 aliphatic rings. The summed E-state index contributed by atoms with van der Waals surface area (Å²) in [6.07, 6.45) is -6.59. The lowest BCUT2D eigenvalue weighted by Crippen LogP contribution is -2.25. The SMILES string of the molecule is N#Cc1cc(F)cc([C@H](O)c2ccc(S(=O)(=O)C(F)(F)F)c3c2C[C@@H](F)[C@H]3O)c1. The molecule has 154 valence electrons. The number of halogens is 5. The Bertz CT molecular complexity index is 1120. The molecular weight excluding hydrogens is 421 g/mol. The summed E-state index contributed by atoms with van der Waals surface area (Å²) in [5.41, 5.74) is -7.27. The van der Waals surface area contributed by atoms with Gasteiger partial charge in [0.15, 0.2) is 0 Å². The van der Waals surface area contributed by atoms with E-state index >= 15 is 0 Å². The summed E-state index contributed by atoms with van der Waals surface area (Å²) in [5.74, 6) is -0.866. The van der Waals surface area contributed by atoms with E-state index in [1.165, 1.54) is 0 Å². The van der Waals surface area contributed by atoms with Crippen LogP contribution in [0.3, 0.4) is 0 Å². The minimum absolute atomic E-state index is 0.143. The molecule has 2 N–H and O–H groups in total. The molecule has 0 aromatic heterocycles. The fraction of sp³-hybridized carbons (Fsp3) is 0.278. The molecule has 2 aromatic carbocycles. The first-order chi connectivity index (χ1) is 13.4. The van der Waals surface area contributed by atoms with Crippen LogP contribution in [0, 0.1) is 17.1 Å². The number of rotatable bonds is 3. The van der Waals surface area contributed by atoms with Crippen LogP contribution in [-0.2, 0) is 16.3 Å². The van der Waals surface area contributed by atoms with Crippen molar-refractivity contribution in [1.29, 1.82) is 5.26 Å². The van der Waals surface area contributed by atoms with Crippen molar-refractivity contribution in [1.82, 2.24) is 0 Å². The summed E-state index contributed by atoms with van der Waals surface area (Å²) >= 11 is 0. The predicted molar refractivity (Wildman–Crippen MR) is 88.4 cm³/mol. The van der Waals surface area contributed by atoms with Crippen LogP contribution in [0.15, 0.2) is 35.2 Å². The van der Waals surface area contributed by atoms with Gasteiger partial charge in [0.25, 0.3) is 9.84 Å². The molecule has 5 nitrogen and oxygen atoms in total. The highest BCUT2D eigenvalue weighted by molar-refractivity contribution is 7.92. The first-order valence-corrected chi connectivity index (χ1v) is 9.54. The van der Waals surface area contributed by atoms with Crippen molar-refractivity contribution in [3.63, 3.8) is 0 Å². The van der Waals surface area contributed by atoms with E-state index in [0.717, 1.165) is 24.3 Å². The molecule has 11 heteroatoms. The first-order valence-electron chi connectivity index (χ1n) is 8.06. The standard InChI is InChI=1S/C18H12F5NO4S/c19-10-4-8(7-24)3-9(5-10)16(25)11-1-2-14(29(27,28)18(21,22)23)15-12(11)6-13(20)17(15)26/h1-5,13,16-17,25-26H,6H2/t13-,16+,17-/m1/s1. The lowest BCUT2D eigenvalue weighted by Gasteiger charge is -2.19. The monoisotopic (exact) mass is 433 g/mol. The number of nitrogens with zero attached hydrogens (tertiary/aromatic N) is 1. The molecule has 0 aliphatic heterocycles. The third-order valence-corrected chi connectivity index (χ3v) is 6.19. The van der Waals surface area contributed by atoms with Gasteiger partial charge in [0.05, 0.1) is 16.5 Å². The van der Waals surface area contributed by atoms with Gasteiger partial charge in [-0.2, -0.15) is 18.4 Å². The van der Waals surface area contributed by atoms with Gasteiger partial charge >= 0.3 is 5.51 Å². The summed E-state index contributed by atoms with van der Waals surface area (Å²) in [6.45, 7) is 0. The second-order valence-corrected chi connectivity index (χ2v) is 8.36. The van der Waals surface area contributed by atoms with Crippen LogP contribution in [0.1, 0.15) is 40.0 Å². The average molecular weight is 433 g/mol. The van der Waals surface area contributed by atoms with E-state index in [4.69, 9.17) is 5.26 Å². The summed E-state index contributed by atoms with van der Waals surface area (Å²) in [6, 6.07) is 5.93. The zero-order valence-corrected chi connectivity index (χ0v) is 15.1. The molecule has 0 amide bonds. The van der Waals surface area contributed by atoms with Crippen molar-refractivity contribution in [2.24, 2.45) is 0 Å². The molecule has 0 bridgehead atoms. The molecule has 2 aromatic rings. The summed E-state index contributed by atoms with van der Waals surface area (Å²) < 4.78 is 90.4. The molecular formula is C18H12F5NO4S. The van der Waals surface area contributed by atoms with E-state index in [-0.39, 0.29) is 22.3 Å². The van der Waals surface area contributed by atoms with Crippen molar-refractivity contribution in [3.8, 4) is 6.07 Å². The Morgan fingerprint density at radius 3 is 2.45 bits per heavy atom. The van der Waals surface area contributed by atoms with Crippen molar-refractivity contribution < 1.29 is 40.6 Å². The van der Waals surface area contributed by atoms with Crippen molar-refractivity contribution in [2.75, 3.05) is 0 Å². The average Bonchev–Trinajstić information content (AvgIpc) is 2.93. The highest BCUT2D eigenvalue weighted by Crippen LogP contribution is 2.45. The Morgan fingerprint density at radius 1 is 1.21 bits per heavy atom. The van der Waals surface area contributed by atoms with Crippen LogP contribution < -0.4 is 0 Å². The van der Waals surface area contributed by atoms with Gasteiger partial charge in [-0.05, 0) is 41.0 Å². The normalized spacial score (nSPS) is 20.2. The van der Waals surface area contributed by atoms with Gasteiger partial charge in [0.1, 0.15) is 24.2 Å². The van der Waals surface area contributed by atoms with Gasteiger partial charge in [-0.25, -0.2) is 17.2 Å². The molecule has 0 fully saturated rings. The molecule has 0 unspecified atom stereocenters. The number of hydrogen-bond donors (Lipinski definition) is 2. The minimum Gasteiger partial charge on any atom is -0.385 e. The minimum atomic E-state index is -5.89. The van der Waals surface area contributed by atoms with Gasteiger partial charge in [0, 0.05) is 12.0 Å². The number of nitriles is 1. The van der Waals surface area contributed by atoms with Gasteiger partial charge in [-0.1, -0.05) is 6.07 Å². The maximum Gasteiger partial charge on any atom is 0.501 e. The van der Waals surface area contributed by atoms with Crippen LogP contribution in [0.4, 0.5) is 22.0 Å². The second kappa shape index (κ2) is 7.05. The zero-order valence-electron chi connectivity index (χ0n) is 14.3. The first kappa shape index (κ1) is 21.2. The highest BCUT2D eigenvalue weighted by Gasteiger charge is 2.50. The number of fused-ring (bicyclic) bond motifs is 1. The number of alkyl halides is 4. The largest absolute Gasteiger partial charge is 0.501 e. The van der Waals surface area contributed by atoms with E-state index in [1.54, 1.807) is 6.07 Å². The Labute approximate surface area is 161 Å². The molecule has 0 saturated carbocycles. The van der Waals surface area contributed by atoms with Crippen LogP contribution in [-0.4, -0.2) is 30.3 Å². The van der Waals surface area contributed by atoms with Crippen LogP contribution in [0.5, 0.6) is 0 Å². The maximum atomic E-state index is 14.1. The van der Waals surface area contributed by atoms with E-state index < -0.39 is 56.4 Å². The van der Waals surface area contributed by atoms with Gasteiger partial charge in [-0.15, -0.1) is 0 Å². The molecule has 0 saturated heterocycles.